The Bertz CT molecular complexity index is 908. The highest BCUT2D eigenvalue weighted by Crippen LogP contribution is 2.32. The van der Waals surface area contributed by atoms with E-state index in [9.17, 15) is 4.79 Å². The Balaban J connectivity index is 1.57. The molecule has 1 aliphatic rings. The fraction of sp³-hybridized carbons (Fsp3) is 0.158. The van der Waals surface area contributed by atoms with E-state index in [1.807, 2.05) is 36.4 Å². The molecule has 1 aromatic heterocycles. The maximum atomic E-state index is 12.5. The van der Waals surface area contributed by atoms with Crippen LogP contribution in [0.3, 0.4) is 0 Å². The molecule has 5 heteroatoms. The fourth-order valence-corrected chi connectivity index (χ4v) is 2.66. The summed E-state index contributed by atoms with van der Waals surface area (Å²) in [4.78, 5) is 16.8. The molecule has 1 N–H and O–H groups in total. The van der Waals surface area contributed by atoms with Gasteiger partial charge in [-0.25, -0.2) is 0 Å². The predicted molar refractivity (Wildman–Crippen MR) is 91.7 cm³/mol. The number of amides is 1. The summed E-state index contributed by atoms with van der Waals surface area (Å²) in [6.45, 7) is 1.26. The van der Waals surface area contributed by atoms with Crippen molar-refractivity contribution < 1.29 is 14.3 Å². The van der Waals surface area contributed by atoms with Gasteiger partial charge in [-0.1, -0.05) is 6.07 Å². The number of hydrogen-bond acceptors (Lipinski definition) is 4. The van der Waals surface area contributed by atoms with Crippen molar-refractivity contribution in [3.8, 4) is 11.5 Å². The van der Waals surface area contributed by atoms with Crippen LogP contribution >= 0.6 is 0 Å². The molecule has 1 aliphatic heterocycles. The van der Waals surface area contributed by atoms with Crippen LogP contribution in [-0.2, 0) is 0 Å². The number of nitrogens with one attached hydrogen (secondary N) is 1. The van der Waals surface area contributed by atoms with E-state index in [1.165, 1.54) is 0 Å². The number of rotatable bonds is 2. The lowest BCUT2D eigenvalue weighted by Crippen LogP contribution is -2.12. The van der Waals surface area contributed by atoms with E-state index in [4.69, 9.17) is 9.47 Å². The molecule has 3 aromatic rings. The molecule has 5 nitrogen and oxygen atoms in total. The second kappa shape index (κ2) is 6.20. The van der Waals surface area contributed by atoms with Crippen LogP contribution in [0.2, 0.25) is 0 Å². The number of ether oxygens (including phenoxy) is 2. The summed E-state index contributed by atoms with van der Waals surface area (Å²) in [5, 5.41) is 3.83. The molecule has 0 saturated heterocycles. The van der Waals surface area contributed by atoms with Gasteiger partial charge in [-0.15, -0.1) is 0 Å². The van der Waals surface area contributed by atoms with Crippen molar-refractivity contribution in [3.05, 3.63) is 60.3 Å². The van der Waals surface area contributed by atoms with Gasteiger partial charge >= 0.3 is 0 Å². The topological polar surface area (TPSA) is 60.5 Å². The second-order valence-corrected chi connectivity index (χ2v) is 5.58. The van der Waals surface area contributed by atoms with Gasteiger partial charge in [-0.3, -0.25) is 9.78 Å². The Morgan fingerprint density at radius 1 is 1.00 bits per heavy atom. The van der Waals surface area contributed by atoms with Crippen molar-refractivity contribution in [2.24, 2.45) is 0 Å². The minimum Gasteiger partial charge on any atom is -0.490 e. The summed E-state index contributed by atoms with van der Waals surface area (Å²) in [6.07, 6.45) is 2.58. The summed E-state index contributed by atoms with van der Waals surface area (Å²) in [5.74, 6) is 1.20. The molecule has 24 heavy (non-hydrogen) atoms. The van der Waals surface area contributed by atoms with Gasteiger partial charge in [0.05, 0.1) is 18.7 Å². The summed E-state index contributed by atoms with van der Waals surface area (Å²) < 4.78 is 11.2. The van der Waals surface area contributed by atoms with E-state index in [2.05, 4.69) is 10.3 Å². The van der Waals surface area contributed by atoms with Crippen LogP contribution in [0.4, 0.5) is 5.69 Å². The van der Waals surface area contributed by atoms with Crippen molar-refractivity contribution in [3.63, 3.8) is 0 Å². The standard InChI is InChI=1S/C19H16N2O3/c22-19(14-4-6-16-13(11-14)3-1-8-20-16)21-15-5-7-17-18(12-15)24-10-2-9-23-17/h1,3-8,11-12H,2,9-10H2,(H,21,22). The van der Waals surface area contributed by atoms with Gasteiger partial charge in [0.15, 0.2) is 11.5 Å². The molecule has 0 aliphatic carbocycles. The largest absolute Gasteiger partial charge is 0.490 e. The minimum absolute atomic E-state index is 0.171. The average Bonchev–Trinajstić information content (AvgIpc) is 2.86. The Morgan fingerprint density at radius 3 is 2.79 bits per heavy atom. The van der Waals surface area contributed by atoms with Crippen molar-refractivity contribution >= 4 is 22.5 Å². The van der Waals surface area contributed by atoms with Crippen molar-refractivity contribution in [2.75, 3.05) is 18.5 Å². The molecular formula is C19H16N2O3. The number of nitrogens with zero attached hydrogens (tertiary/aromatic N) is 1. The van der Waals surface area contributed by atoms with Crippen LogP contribution < -0.4 is 14.8 Å². The molecule has 0 spiro atoms. The van der Waals surface area contributed by atoms with Gasteiger partial charge in [-0.2, -0.15) is 0 Å². The van der Waals surface area contributed by atoms with Crippen LogP contribution in [0.5, 0.6) is 11.5 Å². The van der Waals surface area contributed by atoms with Crippen LogP contribution in [0.1, 0.15) is 16.8 Å². The molecule has 2 aromatic carbocycles. The SMILES string of the molecule is O=C(Nc1ccc2c(c1)OCCCO2)c1ccc2ncccc2c1. The first-order chi connectivity index (χ1) is 11.8. The molecule has 0 bridgehead atoms. The van der Waals surface area contributed by atoms with E-state index in [-0.39, 0.29) is 5.91 Å². The molecule has 0 radical (unpaired) electrons. The van der Waals surface area contributed by atoms with E-state index in [0.29, 0.717) is 36.0 Å². The van der Waals surface area contributed by atoms with E-state index in [0.717, 1.165) is 17.3 Å². The number of fused-ring (bicyclic) bond motifs is 2. The van der Waals surface area contributed by atoms with Crippen LogP contribution in [-0.4, -0.2) is 24.1 Å². The lowest BCUT2D eigenvalue weighted by atomic mass is 10.1. The van der Waals surface area contributed by atoms with Gasteiger partial charge < -0.3 is 14.8 Å². The van der Waals surface area contributed by atoms with Crippen molar-refractivity contribution in [1.29, 1.82) is 0 Å². The number of benzene rings is 2. The fourth-order valence-electron chi connectivity index (χ4n) is 2.66. The quantitative estimate of drug-likeness (QED) is 0.783. The summed E-state index contributed by atoms with van der Waals surface area (Å²) in [5.41, 5.74) is 2.13. The number of hydrogen-bond donors (Lipinski definition) is 1. The zero-order valence-corrected chi connectivity index (χ0v) is 13.0. The lowest BCUT2D eigenvalue weighted by Gasteiger charge is -2.10. The first-order valence-electron chi connectivity index (χ1n) is 7.85. The first kappa shape index (κ1) is 14.5. The Labute approximate surface area is 139 Å². The molecule has 120 valence electrons. The normalized spacial score (nSPS) is 13.3. The number of anilines is 1. The van der Waals surface area contributed by atoms with Gasteiger partial charge in [0, 0.05) is 35.3 Å². The third-order valence-corrected chi connectivity index (χ3v) is 3.87. The summed E-state index contributed by atoms with van der Waals surface area (Å²) in [6, 6.07) is 14.7. The second-order valence-electron chi connectivity index (χ2n) is 5.58. The Hall–Kier alpha value is -3.08. The maximum Gasteiger partial charge on any atom is 0.255 e. The molecule has 2 heterocycles. The van der Waals surface area contributed by atoms with Gasteiger partial charge in [0.2, 0.25) is 0 Å². The number of aromatic nitrogens is 1. The molecule has 4 rings (SSSR count). The van der Waals surface area contributed by atoms with Gasteiger partial charge in [-0.05, 0) is 36.4 Å². The average molecular weight is 320 g/mol. The van der Waals surface area contributed by atoms with Crippen LogP contribution in [0, 0.1) is 0 Å². The predicted octanol–water partition coefficient (Wildman–Crippen LogP) is 3.65. The number of pyridine rings is 1. The summed E-state index contributed by atoms with van der Waals surface area (Å²) in [7, 11) is 0. The number of carbonyl (C=O) groups excluding carboxylic acids is 1. The maximum absolute atomic E-state index is 12.5. The highest BCUT2D eigenvalue weighted by Gasteiger charge is 2.13. The molecule has 0 fully saturated rings. The Morgan fingerprint density at radius 2 is 1.88 bits per heavy atom. The molecule has 0 unspecified atom stereocenters. The monoisotopic (exact) mass is 320 g/mol. The zero-order chi connectivity index (χ0) is 16.4. The van der Waals surface area contributed by atoms with E-state index < -0.39 is 0 Å². The zero-order valence-electron chi connectivity index (χ0n) is 13.0. The molecule has 0 saturated carbocycles. The first-order valence-corrected chi connectivity index (χ1v) is 7.85. The highest BCUT2D eigenvalue weighted by molar-refractivity contribution is 6.06. The highest BCUT2D eigenvalue weighted by atomic mass is 16.5. The number of carbonyl (C=O) groups is 1. The van der Waals surface area contributed by atoms with Gasteiger partial charge in [0.25, 0.3) is 5.91 Å². The van der Waals surface area contributed by atoms with Crippen molar-refractivity contribution in [1.82, 2.24) is 4.98 Å². The molecular weight excluding hydrogens is 304 g/mol. The molecule has 0 atom stereocenters. The van der Waals surface area contributed by atoms with Crippen LogP contribution in [0.25, 0.3) is 10.9 Å². The summed E-state index contributed by atoms with van der Waals surface area (Å²) >= 11 is 0. The van der Waals surface area contributed by atoms with Crippen LogP contribution in [0.15, 0.2) is 54.7 Å². The smallest absolute Gasteiger partial charge is 0.255 e. The van der Waals surface area contributed by atoms with E-state index >= 15 is 0 Å². The lowest BCUT2D eigenvalue weighted by molar-refractivity contribution is 0.102. The Kier molecular flexibility index (Phi) is 3.75. The molecule has 1 amide bonds. The third kappa shape index (κ3) is 2.88. The third-order valence-electron chi connectivity index (χ3n) is 3.87. The van der Waals surface area contributed by atoms with E-state index in [1.54, 1.807) is 18.3 Å². The van der Waals surface area contributed by atoms with Gasteiger partial charge in [0.1, 0.15) is 0 Å². The van der Waals surface area contributed by atoms with Crippen molar-refractivity contribution in [2.45, 2.75) is 6.42 Å². The minimum atomic E-state index is -0.171.